The molecule has 1 fully saturated rings. The Hall–Kier alpha value is -3.72. The predicted molar refractivity (Wildman–Crippen MR) is 145 cm³/mol. The minimum atomic E-state index is -3.43. The Labute approximate surface area is 248 Å². The van der Waals surface area contributed by atoms with E-state index in [4.69, 9.17) is 0 Å². The van der Waals surface area contributed by atoms with Crippen molar-refractivity contribution in [2.45, 2.75) is 88.9 Å². The van der Waals surface area contributed by atoms with Crippen LogP contribution in [0.4, 0.5) is 30.7 Å². The van der Waals surface area contributed by atoms with Gasteiger partial charge in [-0.25, -0.2) is 45.4 Å². The van der Waals surface area contributed by atoms with Gasteiger partial charge in [-0.15, -0.1) is 0 Å². The minimum absolute atomic E-state index is 0.0157. The van der Waals surface area contributed by atoms with Crippen LogP contribution in [-0.4, -0.2) is 67.8 Å². The van der Waals surface area contributed by atoms with Gasteiger partial charge in [-0.2, -0.15) is 5.10 Å². The molecule has 1 aromatic carbocycles. The molecule has 242 valence electrons. The fourth-order valence-corrected chi connectivity index (χ4v) is 5.39. The molecule has 3 atom stereocenters. The van der Waals surface area contributed by atoms with Crippen molar-refractivity contribution in [3.05, 3.63) is 41.5 Å². The van der Waals surface area contributed by atoms with Crippen LogP contribution in [0.15, 0.2) is 18.5 Å². The molecule has 9 nitrogen and oxygen atoms in total. The Bertz CT molecular complexity index is 1460. The Kier molecular flexibility index (Phi) is 9.88. The number of benzene rings is 1. The molecule has 2 amide bonds. The molecule has 2 aromatic heterocycles. The summed E-state index contributed by atoms with van der Waals surface area (Å²) in [6.07, 6.45) is -2.84. The van der Waals surface area contributed by atoms with Crippen LogP contribution in [0, 0.1) is 11.7 Å². The number of rotatable bonds is 12. The topological polar surface area (TPSA) is 118 Å². The van der Waals surface area contributed by atoms with Gasteiger partial charge in [0, 0.05) is 30.9 Å². The lowest BCUT2D eigenvalue weighted by molar-refractivity contribution is -0.125. The fraction of sp³-hybridized carbons (Fsp3) is 0.607. The highest BCUT2D eigenvalue weighted by atomic mass is 19.3. The van der Waals surface area contributed by atoms with Crippen molar-refractivity contribution in [1.82, 2.24) is 35.4 Å². The van der Waals surface area contributed by atoms with Crippen LogP contribution in [0.25, 0.3) is 11.0 Å². The monoisotopic (exact) mass is 633 g/mol. The van der Waals surface area contributed by atoms with E-state index in [-0.39, 0.29) is 41.6 Å². The van der Waals surface area contributed by atoms with Gasteiger partial charge in [-0.05, 0) is 45.6 Å². The number of nitrogens with one attached hydrogen (secondary N) is 3. The molecule has 0 bridgehead atoms. The third-order valence-electron chi connectivity index (χ3n) is 7.64. The summed E-state index contributed by atoms with van der Waals surface area (Å²) in [5, 5.41) is 8.86. The SMILES string of the molecule is CC(C)n1ncnc1C(=O)N[C@H](c1nc2c(F)c(C(CC(C)(F)F)C(=O)NCC(F)CF)ccc2[nH]1)C1CCC(F)(F)CC1. The van der Waals surface area contributed by atoms with Crippen molar-refractivity contribution in [2.24, 2.45) is 5.92 Å². The molecule has 2 heterocycles. The highest BCUT2D eigenvalue weighted by molar-refractivity contribution is 5.91. The van der Waals surface area contributed by atoms with Crippen LogP contribution in [-0.2, 0) is 4.79 Å². The minimum Gasteiger partial charge on any atom is -0.353 e. The van der Waals surface area contributed by atoms with E-state index >= 15 is 4.39 Å². The first-order valence-electron chi connectivity index (χ1n) is 14.2. The number of aromatic nitrogens is 5. The molecule has 44 heavy (non-hydrogen) atoms. The number of hydrogen-bond acceptors (Lipinski definition) is 5. The van der Waals surface area contributed by atoms with Gasteiger partial charge >= 0.3 is 0 Å². The molecule has 1 aliphatic rings. The average molecular weight is 634 g/mol. The summed E-state index contributed by atoms with van der Waals surface area (Å²) in [6, 6.07) is 1.20. The highest BCUT2D eigenvalue weighted by Gasteiger charge is 2.40. The number of fused-ring (bicyclic) bond motifs is 1. The number of aromatic amines is 1. The van der Waals surface area contributed by atoms with Crippen molar-refractivity contribution >= 4 is 22.8 Å². The summed E-state index contributed by atoms with van der Waals surface area (Å²) in [4.78, 5) is 37.2. The number of imidazole rings is 1. The molecule has 1 saturated carbocycles. The molecule has 4 rings (SSSR count). The second-order valence-corrected chi connectivity index (χ2v) is 11.6. The number of hydrogen-bond donors (Lipinski definition) is 3. The van der Waals surface area contributed by atoms with E-state index in [0.29, 0.717) is 6.92 Å². The average Bonchev–Trinajstić information content (AvgIpc) is 3.62. The normalized spacial score (nSPS) is 17.9. The van der Waals surface area contributed by atoms with Gasteiger partial charge in [0.25, 0.3) is 5.91 Å². The third-order valence-corrected chi connectivity index (χ3v) is 7.64. The number of H-pyrrole nitrogens is 1. The Balaban J connectivity index is 1.71. The smallest absolute Gasteiger partial charge is 0.289 e. The van der Waals surface area contributed by atoms with Gasteiger partial charge in [-0.1, -0.05) is 6.07 Å². The number of amides is 2. The Morgan fingerprint density at radius 1 is 1.20 bits per heavy atom. The molecule has 0 aliphatic heterocycles. The van der Waals surface area contributed by atoms with Crippen molar-refractivity contribution < 1.29 is 40.3 Å². The molecule has 2 unspecified atom stereocenters. The van der Waals surface area contributed by atoms with Gasteiger partial charge in [0.05, 0.1) is 24.0 Å². The first-order valence-corrected chi connectivity index (χ1v) is 14.2. The van der Waals surface area contributed by atoms with Crippen molar-refractivity contribution in [3.8, 4) is 0 Å². The van der Waals surface area contributed by atoms with Crippen molar-refractivity contribution in [3.63, 3.8) is 0 Å². The van der Waals surface area contributed by atoms with Gasteiger partial charge < -0.3 is 15.6 Å². The molecule has 0 saturated heterocycles. The van der Waals surface area contributed by atoms with Crippen molar-refractivity contribution in [1.29, 1.82) is 0 Å². The molecule has 0 spiro atoms. The van der Waals surface area contributed by atoms with Gasteiger partial charge in [-0.3, -0.25) is 9.59 Å². The maximum Gasteiger partial charge on any atom is 0.289 e. The maximum atomic E-state index is 15.9. The van der Waals surface area contributed by atoms with Crippen LogP contribution in [0.3, 0.4) is 0 Å². The molecule has 16 heteroatoms. The van der Waals surface area contributed by atoms with Crippen LogP contribution in [0.1, 0.15) is 92.9 Å². The van der Waals surface area contributed by atoms with Crippen LogP contribution < -0.4 is 10.6 Å². The zero-order valence-electron chi connectivity index (χ0n) is 24.3. The number of carbonyl (C=O) groups is 2. The lowest BCUT2D eigenvalue weighted by Crippen LogP contribution is -2.38. The predicted octanol–water partition coefficient (Wildman–Crippen LogP) is 5.72. The van der Waals surface area contributed by atoms with Crippen molar-refractivity contribution in [2.75, 3.05) is 13.2 Å². The zero-order valence-corrected chi connectivity index (χ0v) is 24.3. The molecule has 3 aromatic rings. The maximum absolute atomic E-state index is 15.9. The number of nitrogens with zero attached hydrogens (tertiary/aromatic N) is 4. The van der Waals surface area contributed by atoms with E-state index in [1.165, 1.54) is 17.1 Å². The summed E-state index contributed by atoms with van der Waals surface area (Å²) in [5.41, 5.74) is -0.698. The number of carbonyl (C=O) groups excluding carboxylic acids is 2. The fourth-order valence-electron chi connectivity index (χ4n) is 5.39. The zero-order chi connectivity index (χ0) is 32.4. The number of alkyl halides is 6. The lowest BCUT2D eigenvalue weighted by Gasteiger charge is -2.33. The van der Waals surface area contributed by atoms with Crippen LogP contribution >= 0.6 is 0 Å². The summed E-state index contributed by atoms with van der Waals surface area (Å²) < 4.78 is 99.3. The van der Waals surface area contributed by atoms with Gasteiger partial charge in [0.2, 0.25) is 23.6 Å². The van der Waals surface area contributed by atoms with Gasteiger partial charge in [0.15, 0.2) is 5.82 Å². The summed E-state index contributed by atoms with van der Waals surface area (Å²) in [5.74, 6) is -11.5. The molecular weight excluding hydrogens is 599 g/mol. The third kappa shape index (κ3) is 7.67. The second-order valence-electron chi connectivity index (χ2n) is 11.6. The van der Waals surface area contributed by atoms with E-state index < -0.39 is 91.6 Å². The van der Waals surface area contributed by atoms with E-state index in [1.54, 1.807) is 13.8 Å². The first-order chi connectivity index (χ1) is 20.6. The van der Waals surface area contributed by atoms with E-state index in [1.807, 2.05) is 5.32 Å². The highest BCUT2D eigenvalue weighted by Crippen LogP contribution is 2.42. The van der Waals surface area contributed by atoms with E-state index in [0.717, 1.165) is 6.07 Å². The summed E-state index contributed by atoms with van der Waals surface area (Å²) in [7, 11) is 0. The Morgan fingerprint density at radius 2 is 1.89 bits per heavy atom. The standard InChI is InChI=1S/C28H34F7N7O2/c1-14(2)42-24(37-13-38-42)26(44)41-21(15-6-8-28(34,35)9-7-15)23-39-19-5-4-17(20(31)22(19)40-23)18(10-27(3,32)33)25(43)36-12-16(30)11-29/h4-5,13-16,18,21H,6-12H2,1-3H3,(H,36,43)(H,39,40)(H,41,44)/t16?,18?,21-/m0/s1. The number of halogens is 7. The second kappa shape index (κ2) is 13.1. The first kappa shape index (κ1) is 33.2. The van der Waals surface area contributed by atoms with Gasteiger partial charge in [0.1, 0.15) is 30.5 Å². The lowest BCUT2D eigenvalue weighted by atomic mass is 9.81. The molecule has 1 aliphatic carbocycles. The summed E-state index contributed by atoms with van der Waals surface area (Å²) in [6.45, 7) is 1.91. The van der Waals surface area contributed by atoms with E-state index in [2.05, 4.69) is 25.4 Å². The van der Waals surface area contributed by atoms with Crippen LogP contribution in [0.2, 0.25) is 0 Å². The molecular formula is C28H34F7N7O2. The van der Waals surface area contributed by atoms with E-state index in [9.17, 15) is 35.9 Å². The van der Waals surface area contributed by atoms with Crippen LogP contribution in [0.5, 0.6) is 0 Å². The molecule has 3 N–H and O–H groups in total. The largest absolute Gasteiger partial charge is 0.353 e. The quantitative estimate of drug-likeness (QED) is 0.221. The Morgan fingerprint density at radius 3 is 2.50 bits per heavy atom. The molecule has 0 radical (unpaired) electrons. The summed E-state index contributed by atoms with van der Waals surface area (Å²) >= 11 is 0.